The van der Waals surface area contributed by atoms with E-state index >= 15 is 0 Å². The zero-order valence-electron chi connectivity index (χ0n) is 14.7. The summed E-state index contributed by atoms with van der Waals surface area (Å²) in [4.78, 5) is 24.2. The normalized spacial score (nSPS) is 11.1. The standard InChI is InChI=1S/C21H22FNO3/c1-2-3-9-19(24)14-20(17-10-12-18(22)13-11-17)23-21(25)26-15-16-7-5-4-6-8-16/h4-8,10-14H,2-3,9,15H2,1H3,(H,23,25)/b20-14-. The van der Waals surface area contributed by atoms with Gasteiger partial charge in [-0.15, -0.1) is 0 Å². The van der Waals surface area contributed by atoms with E-state index < -0.39 is 11.9 Å². The molecule has 0 aliphatic heterocycles. The van der Waals surface area contributed by atoms with Crippen molar-refractivity contribution in [2.75, 3.05) is 0 Å². The number of carbonyl (C=O) groups is 2. The van der Waals surface area contributed by atoms with Gasteiger partial charge in [-0.3, -0.25) is 10.1 Å². The van der Waals surface area contributed by atoms with E-state index in [1.165, 1.54) is 30.3 Å². The van der Waals surface area contributed by atoms with E-state index in [1.54, 1.807) is 0 Å². The maximum atomic E-state index is 13.2. The fourth-order valence-electron chi connectivity index (χ4n) is 2.27. The van der Waals surface area contributed by atoms with Crippen LogP contribution >= 0.6 is 0 Å². The first-order chi connectivity index (χ1) is 12.6. The number of carbonyl (C=O) groups excluding carboxylic acids is 2. The van der Waals surface area contributed by atoms with Crippen molar-refractivity contribution in [2.45, 2.75) is 32.8 Å². The zero-order chi connectivity index (χ0) is 18.8. The van der Waals surface area contributed by atoms with Crippen LogP contribution in [-0.2, 0) is 16.1 Å². The number of hydrogen-bond acceptors (Lipinski definition) is 3. The van der Waals surface area contributed by atoms with Crippen LogP contribution in [0.2, 0.25) is 0 Å². The Morgan fingerprint density at radius 3 is 2.42 bits per heavy atom. The van der Waals surface area contributed by atoms with Crippen molar-refractivity contribution in [2.24, 2.45) is 0 Å². The van der Waals surface area contributed by atoms with Crippen molar-refractivity contribution in [3.05, 3.63) is 77.6 Å². The lowest BCUT2D eigenvalue weighted by Gasteiger charge is -2.11. The third kappa shape index (κ3) is 6.51. The highest BCUT2D eigenvalue weighted by molar-refractivity contribution is 5.98. The van der Waals surface area contributed by atoms with Crippen molar-refractivity contribution in [3.63, 3.8) is 0 Å². The number of ether oxygens (including phenoxy) is 1. The van der Waals surface area contributed by atoms with Gasteiger partial charge in [0.05, 0.1) is 5.70 Å². The second-order valence-corrected chi connectivity index (χ2v) is 5.82. The van der Waals surface area contributed by atoms with E-state index in [9.17, 15) is 14.0 Å². The smallest absolute Gasteiger partial charge is 0.411 e. The average molecular weight is 355 g/mol. The number of halogens is 1. The van der Waals surface area contributed by atoms with E-state index in [0.29, 0.717) is 17.7 Å². The first-order valence-corrected chi connectivity index (χ1v) is 8.56. The number of ketones is 1. The predicted molar refractivity (Wildman–Crippen MR) is 98.7 cm³/mol. The fourth-order valence-corrected chi connectivity index (χ4v) is 2.27. The third-order valence-corrected chi connectivity index (χ3v) is 3.69. The largest absolute Gasteiger partial charge is 0.444 e. The van der Waals surface area contributed by atoms with Crippen molar-refractivity contribution in [3.8, 4) is 0 Å². The van der Waals surface area contributed by atoms with E-state index in [1.807, 2.05) is 37.3 Å². The van der Waals surface area contributed by atoms with Crippen LogP contribution in [0.5, 0.6) is 0 Å². The van der Waals surface area contributed by atoms with Gasteiger partial charge in [0.1, 0.15) is 12.4 Å². The number of amides is 1. The van der Waals surface area contributed by atoms with Gasteiger partial charge in [-0.05, 0) is 41.8 Å². The molecule has 136 valence electrons. The molecule has 0 aliphatic carbocycles. The molecule has 1 amide bonds. The molecule has 0 saturated carbocycles. The van der Waals surface area contributed by atoms with Gasteiger partial charge < -0.3 is 4.74 Å². The molecule has 0 heterocycles. The molecule has 0 radical (unpaired) electrons. The molecule has 5 heteroatoms. The minimum atomic E-state index is -0.673. The van der Waals surface area contributed by atoms with Gasteiger partial charge in [0.25, 0.3) is 0 Å². The molecule has 0 atom stereocenters. The van der Waals surface area contributed by atoms with Gasteiger partial charge in [-0.2, -0.15) is 0 Å². The summed E-state index contributed by atoms with van der Waals surface area (Å²) in [6, 6.07) is 14.8. The van der Waals surface area contributed by atoms with Gasteiger partial charge in [-0.1, -0.05) is 43.7 Å². The van der Waals surface area contributed by atoms with E-state index in [2.05, 4.69) is 5.32 Å². The Labute approximate surface area is 152 Å². The van der Waals surface area contributed by atoms with E-state index in [-0.39, 0.29) is 12.4 Å². The second-order valence-electron chi connectivity index (χ2n) is 5.82. The zero-order valence-corrected chi connectivity index (χ0v) is 14.7. The second kappa shape index (κ2) is 10.1. The van der Waals surface area contributed by atoms with E-state index in [4.69, 9.17) is 4.74 Å². The highest BCUT2D eigenvalue weighted by Crippen LogP contribution is 2.14. The summed E-state index contributed by atoms with van der Waals surface area (Å²) >= 11 is 0. The lowest BCUT2D eigenvalue weighted by atomic mass is 10.1. The van der Waals surface area contributed by atoms with Crippen molar-refractivity contribution < 1.29 is 18.7 Å². The van der Waals surface area contributed by atoms with Crippen LogP contribution in [0, 0.1) is 5.82 Å². The maximum Gasteiger partial charge on any atom is 0.411 e. The van der Waals surface area contributed by atoms with Crippen LogP contribution in [0.25, 0.3) is 5.70 Å². The molecule has 0 saturated heterocycles. The lowest BCUT2D eigenvalue weighted by molar-refractivity contribution is -0.114. The van der Waals surface area contributed by atoms with Gasteiger partial charge >= 0.3 is 6.09 Å². The molecule has 2 aromatic carbocycles. The van der Waals surface area contributed by atoms with Crippen LogP contribution in [0.15, 0.2) is 60.7 Å². The SMILES string of the molecule is CCCCC(=O)/C=C(\NC(=O)OCc1ccccc1)c1ccc(F)cc1. The summed E-state index contributed by atoms with van der Waals surface area (Å²) in [6.45, 7) is 2.12. The topological polar surface area (TPSA) is 55.4 Å². The molecular weight excluding hydrogens is 333 g/mol. The average Bonchev–Trinajstić information content (AvgIpc) is 2.65. The molecule has 0 fully saturated rings. The monoisotopic (exact) mass is 355 g/mol. The molecule has 0 bridgehead atoms. The molecule has 0 aromatic heterocycles. The summed E-state index contributed by atoms with van der Waals surface area (Å²) in [5.74, 6) is -0.494. The Bertz CT molecular complexity index is 755. The molecule has 4 nitrogen and oxygen atoms in total. The summed E-state index contributed by atoms with van der Waals surface area (Å²) in [7, 11) is 0. The third-order valence-electron chi connectivity index (χ3n) is 3.69. The molecule has 0 aliphatic rings. The number of alkyl carbamates (subject to hydrolysis) is 1. The van der Waals surface area contributed by atoms with Crippen molar-refractivity contribution in [1.82, 2.24) is 5.32 Å². The molecule has 26 heavy (non-hydrogen) atoms. The first kappa shape index (κ1) is 19.4. The van der Waals surface area contributed by atoms with Crippen molar-refractivity contribution >= 4 is 17.6 Å². The number of rotatable bonds is 8. The van der Waals surface area contributed by atoms with Gasteiger partial charge in [0.15, 0.2) is 5.78 Å². The Balaban J connectivity index is 2.07. The van der Waals surface area contributed by atoms with Crippen LogP contribution in [-0.4, -0.2) is 11.9 Å². The molecule has 2 aromatic rings. The minimum Gasteiger partial charge on any atom is -0.444 e. The Morgan fingerprint density at radius 2 is 1.77 bits per heavy atom. The number of nitrogens with one attached hydrogen (secondary N) is 1. The highest BCUT2D eigenvalue weighted by atomic mass is 19.1. The van der Waals surface area contributed by atoms with Crippen LogP contribution < -0.4 is 5.32 Å². The minimum absolute atomic E-state index is 0.102. The van der Waals surface area contributed by atoms with Crippen LogP contribution in [0.4, 0.5) is 9.18 Å². The summed E-state index contributed by atoms with van der Waals surface area (Å²) in [5, 5.41) is 2.59. The number of unbranched alkanes of at least 4 members (excludes halogenated alkanes) is 1. The number of hydrogen-bond donors (Lipinski definition) is 1. The summed E-state index contributed by atoms with van der Waals surface area (Å²) in [5.41, 5.74) is 1.69. The van der Waals surface area contributed by atoms with Gasteiger partial charge in [0, 0.05) is 12.5 Å². The Hall–Kier alpha value is -2.95. The lowest BCUT2D eigenvalue weighted by Crippen LogP contribution is -2.23. The van der Waals surface area contributed by atoms with Crippen LogP contribution in [0.3, 0.4) is 0 Å². The highest BCUT2D eigenvalue weighted by Gasteiger charge is 2.11. The summed E-state index contributed by atoms with van der Waals surface area (Å²) in [6.07, 6.45) is 2.75. The summed E-state index contributed by atoms with van der Waals surface area (Å²) < 4.78 is 18.3. The molecule has 0 spiro atoms. The number of benzene rings is 2. The predicted octanol–water partition coefficient (Wildman–Crippen LogP) is 4.85. The molecule has 0 unspecified atom stereocenters. The number of allylic oxidation sites excluding steroid dienone is 1. The fraction of sp³-hybridized carbons (Fsp3) is 0.238. The Morgan fingerprint density at radius 1 is 1.08 bits per heavy atom. The van der Waals surface area contributed by atoms with E-state index in [0.717, 1.165) is 18.4 Å². The molecule has 2 rings (SSSR count). The Kier molecular flexibility index (Phi) is 7.55. The molecule has 1 N–H and O–H groups in total. The quantitative estimate of drug-likeness (QED) is 0.689. The van der Waals surface area contributed by atoms with Gasteiger partial charge in [-0.25, -0.2) is 9.18 Å². The van der Waals surface area contributed by atoms with Crippen molar-refractivity contribution in [1.29, 1.82) is 0 Å². The first-order valence-electron chi connectivity index (χ1n) is 8.56. The molecular formula is C21H22FNO3. The van der Waals surface area contributed by atoms with Crippen LogP contribution in [0.1, 0.15) is 37.3 Å². The van der Waals surface area contributed by atoms with Gasteiger partial charge in [0.2, 0.25) is 0 Å². The maximum absolute atomic E-state index is 13.2.